The van der Waals surface area contributed by atoms with Crippen molar-refractivity contribution in [2.45, 2.75) is 321 Å². The van der Waals surface area contributed by atoms with Crippen LogP contribution in [0.4, 0.5) is 0 Å². The van der Waals surface area contributed by atoms with Crippen LogP contribution in [0.2, 0.25) is 0 Å². The quantitative estimate of drug-likeness (QED) is 0.0321. The zero-order valence-corrected chi connectivity index (χ0v) is 43.0. The molecule has 2 atom stereocenters. The summed E-state index contributed by atoms with van der Waals surface area (Å²) in [7, 11) is 0. The highest BCUT2D eigenvalue weighted by Crippen LogP contribution is 2.17. The summed E-state index contributed by atoms with van der Waals surface area (Å²) in [6.45, 7) is 4.93. The zero-order valence-electron chi connectivity index (χ0n) is 43.0. The van der Waals surface area contributed by atoms with Gasteiger partial charge in [-0.15, -0.1) is 0 Å². The first-order chi connectivity index (χ1) is 31.5. The molecule has 0 heterocycles. The van der Waals surface area contributed by atoms with Gasteiger partial charge < -0.3 is 20.3 Å². The average Bonchev–Trinajstić information content (AvgIpc) is 3.29. The first kappa shape index (κ1) is 62.3. The maximum atomic E-state index is 12.4. The normalized spacial score (nSPS) is 12.8. The van der Waals surface area contributed by atoms with Crippen molar-refractivity contribution in [2.75, 3.05) is 13.2 Å². The monoisotopic (exact) mass is 902 g/mol. The topological polar surface area (TPSA) is 95.9 Å². The first-order valence-corrected chi connectivity index (χ1v) is 28.6. The van der Waals surface area contributed by atoms with Gasteiger partial charge in [0.15, 0.2) is 0 Å². The lowest BCUT2D eigenvalue weighted by Gasteiger charge is -2.22. The van der Waals surface area contributed by atoms with Crippen LogP contribution in [0.25, 0.3) is 0 Å². The van der Waals surface area contributed by atoms with Crippen LogP contribution >= 0.6 is 0 Å². The highest BCUT2D eigenvalue weighted by Gasteiger charge is 2.20. The van der Waals surface area contributed by atoms with Crippen molar-refractivity contribution in [2.24, 2.45) is 0 Å². The molecule has 0 aliphatic heterocycles. The van der Waals surface area contributed by atoms with Crippen molar-refractivity contribution in [3.8, 4) is 0 Å². The number of aliphatic hydroxyl groups excluding tert-OH is 2. The standard InChI is InChI=1S/C58H111NO5/c1-3-5-7-9-11-13-15-26-30-34-38-42-46-50-56(61)55(54-60)59-57(62)51-47-43-39-35-31-28-24-22-20-18-17-19-21-23-25-29-33-37-41-45-49-53-64-58(63)52-48-44-40-36-32-27-16-14-12-10-8-6-4-2/h14,16,18,20,55-56,60-61H,3-13,15,17,19,21-54H2,1-2H3,(H,59,62)/b16-14-,20-18-. The maximum Gasteiger partial charge on any atom is 0.305 e. The van der Waals surface area contributed by atoms with Gasteiger partial charge in [-0.05, 0) is 77.0 Å². The second kappa shape index (κ2) is 54.0. The number of aliphatic hydroxyl groups is 2. The summed E-state index contributed by atoms with van der Waals surface area (Å²) in [4.78, 5) is 24.5. The summed E-state index contributed by atoms with van der Waals surface area (Å²) in [6, 6.07) is -0.546. The highest BCUT2D eigenvalue weighted by molar-refractivity contribution is 5.76. The molecule has 0 spiro atoms. The molecule has 378 valence electrons. The van der Waals surface area contributed by atoms with E-state index in [-0.39, 0.29) is 18.5 Å². The number of nitrogens with one attached hydrogen (secondary N) is 1. The minimum absolute atomic E-state index is 0.00105. The molecule has 6 heteroatoms. The van der Waals surface area contributed by atoms with Crippen molar-refractivity contribution < 1.29 is 24.5 Å². The summed E-state index contributed by atoms with van der Waals surface area (Å²) in [5.41, 5.74) is 0. The van der Waals surface area contributed by atoms with Crippen molar-refractivity contribution in [3.05, 3.63) is 24.3 Å². The van der Waals surface area contributed by atoms with E-state index in [9.17, 15) is 19.8 Å². The molecule has 0 aliphatic carbocycles. The van der Waals surface area contributed by atoms with Gasteiger partial charge in [-0.2, -0.15) is 0 Å². The van der Waals surface area contributed by atoms with E-state index in [1.807, 2.05) is 0 Å². The van der Waals surface area contributed by atoms with E-state index in [1.54, 1.807) is 0 Å². The molecule has 1 amide bonds. The van der Waals surface area contributed by atoms with Gasteiger partial charge >= 0.3 is 5.97 Å². The van der Waals surface area contributed by atoms with Crippen LogP contribution in [0.1, 0.15) is 309 Å². The molecule has 0 fully saturated rings. The van der Waals surface area contributed by atoms with Gasteiger partial charge in [-0.1, -0.05) is 244 Å². The number of esters is 1. The predicted octanol–water partition coefficient (Wildman–Crippen LogP) is 17.5. The molecule has 3 N–H and O–H groups in total. The molecule has 6 nitrogen and oxygen atoms in total. The molecular formula is C58H111NO5. The largest absolute Gasteiger partial charge is 0.466 e. The van der Waals surface area contributed by atoms with Crippen LogP contribution in [0.15, 0.2) is 24.3 Å². The van der Waals surface area contributed by atoms with Gasteiger partial charge in [0.1, 0.15) is 0 Å². The molecular weight excluding hydrogens is 791 g/mol. The van der Waals surface area contributed by atoms with Gasteiger partial charge in [-0.25, -0.2) is 0 Å². The molecule has 0 saturated heterocycles. The third kappa shape index (κ3) is 49.8. The summed E-state index contributed by atoms with van der Waals surface area (Å²) in [6.07, 6.45) is 64.5. The Morgan fingerprint density at radius 3 is 1.12 bits per heavy atom. The number of amides is 1. The second-order valence-corrected chi connectivity index (χ2v) is 19.6. The fourth-order valence-electron chi connectivity index (χ4n) is 8.81. The Kier molecular flexibility index (Phi) is 52.6. The predicted molar refractivity (Wildman–Crippen MR) is 278 cm³/mol. The van der Waals surface area contributed by atoms with Crippen LogP contribution in [0, 0.1) is 0 Å². The van der Waals surface area contributed by atoms with E-state index in [0.717, 1.165) is 44.9 Å². The minimum Gasteiger partial charge on any atom is -0.466 e. The molecule has 0 aromatic rings. The molecule has 0 radical (unpaired) electrons. The minimum atomic E-state index is -0.668. The number of allylic oxidation sites excluding steroid dienone is 4. The Morgan fingerprint density at radius 2 is 0.734 bits per heavy atom. The van der Waals surface area contributed by atoms with Crippen molar-refractivity contribution in [1.82, 2.24) is 5.32 Å². The maximum absolute atomic E-state index is 12.4. The molecule has 0 saturated carbocycles. The van der Waals surface area contributed by atoms with E-state index in [0.29, 0.717) is 25.9 Å². The van der Waals surface area contributed by atoms with Gasteiger partial charge in [0, 0.05) is 12.8 Å². The van der Waals surface area contributed by atoms with Gasteiger partial charge in [0.2, 0.25) is 5.91 Å². The number of carbonyl (C=O) groups excluding carboxylic acids is 2. The van der Waals surface area contributed by atoms with E-state index >= 15 is 0 Å². The lowest BCUT2D eigenvalue weighted by molar-refractivity contribution is -0.143. The van der Waals surface area contributed by atoms with Crippen LogP contribution in [0.3, 0.4) is 0 Å². The Morgan fingerprint density at radius 1 is 0.422 bits per heavy atom. The number of ether oxygens (including phenoxy) is 1. The number of carbonyl (C=O) groups is 2. The van der Waals surface area contributed by atoms with E-state index < -0.39 is 12.1 Å². The van der Waals surface area contributed by atoms with Crippen molar-refractivity contribution in [3.63, 3.8) is 0 Å². The molecule has 0 bridgehead atoms. The third-order valence-corrected chi connectivity index (χ3v) is 13.2. The van der Waals surface area contributed by atoms with Crippen LogP contribution < -0.4 is 5.32 Å². The Hall–Kier alpha value is -1.66. The van der Waals surface area contributed by atoms with E-state index in [4.69, 9.17) is 4.74 Å². The summed E-state index contributed by atoms with van der Waals surface area (Å²) in [5.74, 6) is -0.0435. The Bertz CT molecular complexity index is 997. The number of hydrogen-bond acceptors (Lipinski definition) is 5. The summed E-state index contributed by atoms with van der Waals surface area (Å²) >= 11 is 0. The smallest absolute Gasteiger partial charge is 0.305 e. The van der Waals surface area contributed by atoms with Crippen LogP contribution in [0.5, 0.6) is 0 Å². The van der Waals surface area contributed by atoms with E-state index in [2.05, 4.69) is 43.5 Å². The van der Waals surface area contributed by atoms with Gasteiger partial charge in [-0.3, -0.25) is 9.59 Å². The molecule has 64 heavy (non-hydrogen) atoms. The highest BCUT2D eigenvalue weighted by atomic mass is 16.5. The molecule has 2 unspecified atom stereocenters. The van der Waals surface area contributed by atoms with Crippen LogP contribution in [-0.4, -0.2) is 47.4 Å². The number of rotatable bonds is 53. The summed E-state index contributed by atoms with van der Waals surface area (Å²) < 4.78 is 5.46. The number of unbranched alkanes of at least 4 members (excludes halogenated alkanes) is 38. The number of hydrogen-bond donors (Lipinski definition) is 3. The van der Waals surface area contributed by atoms with Crippen LogP contribution in [-0.2, 0) is 14.3 Å². The van der Waals surface area contributed by atoms with Gasteiger partial charge in [0.05, 0.1) is 25.4 Å². The second-order valence-electron chi connectivity index (χ2n) is 19.6. The lowest BCUT2D eigenvalue weighted by atomic mass is 10.0. The van der Waals surface area contributed by atoms with Crippen molar-refractivity contribution in [1.29, 1.82) is 0 Å². The average molecular weight is 903 g/mol. The fraction of sp³-hybridized carbons (Fsp3) is 0.897. The molecule has 0 aromatic carbocycles. The van der Waals surface area contributed by atoms with Crippen molar-refractivity contribution >= 4 is 11.9 Å². The van der Waals surface area contributed by atoms with Gasteiger partial charge in [0.25, 0.3) is 0 Å². The Balaban J connectivity index is 3.42. The fourth-order valence-corrected chi connectivity index (χ4v) is 8.81. The summed E-state index contributed by atoms with van der Waals surface area (Å²) in [5, 5.41) is 23.2. The SMILES string of the molecule is CCCCCC/C=C\CCCCCCCC(=O)OCCCCCCCCCCCC/C=C\CCCCCCCCCC(=O)NC(CO)C(O)CCCCCCCCCCCCCCC. The Labute approximate surface area is 399 Å². The molecule has 0 rings (SSSR count). The van der Waals surface area contributed by atoms with E-state index in [1.165, 1.54) is 231 Å². The first-order valence-electron chi connectivity index (χ1n) is 28.6. The third-order valence-electron chi connectivity index (χ3n) is 13.2. The zero-order chi connectivity index (χ0) is 46.5. The molecule has 0 aromatic heterocycles. The lowest BCUT2D eigenvalue weighted by Crippen LogP contribution is -2.45. The molecule has 0 aliphatic rings.